The number of aromatic nitrogens is 1. The summed E-state index contributed by atoms with van der Waals surface area (Å²) in [6.07, 6.45) is 8.41. The van der Waals surface area contributed by atoms with Gasteiger partial charge in [-0.2, -0.15) is 0 Å². The maximum Gasteiger partial charge on any atom is 0.0840 e. The third-order valence-corrected chi connectivity index (χ3v) is 5.69. The Morgan fingerprint density at radius 1 is 1.29 bits per heavy atom. The number of piperidine rings is 1. The first-order chi connectivity index (χ1) is 11.8. The molecule has 4 rings (SSSR count). The molecule has 0 bridgehead atoms. The molecular weight excluding hydrogens is 304 g/mol. The molecule has 3 fully saturated rings. The van der Waals surface area contributed by atoms with Crippen molar-refractivity contribution >= 4 is 0 Å². The van der Waals surface area contributed by atoms with Crippen molar-refractivity contribution in [1.29, 1.82) is 0 Å². The van der Waals surface area contributed by atoms with E-state index in [1.54, 1.807) is 6.20 Å². The third-order valence-electron chi connectivity index (χ3n) is 5.69. The molecule has 0 aliphatic carbocycles. The maximum atomic E-state index is 6.21. The van der Waals surface area contributed by atoms with Crippen molar-refractivity contribution < 1.29 is 14.2 Å². The van der Waals surface area contributed by atoms with E-state index in [-0.39, 0.29) is 11.7 Å². The molecule has 2 atom stereocenters. The first-order valence-corrected chi connectivity index (χ1v) is 9.26. The van der Waals surface area contributed by atoms with Crippen LogP contribution in [-0.4, -0.2) is 61.0 Å². The predicted molar refractivity (Wildman–Crippen MR) is 90.7 cm³/mol. The average molecular weight is 332 g/mol. The van der Waals surface area contributed by atoms with Crippen molar-refractivity contribution in [3.63, 3.8) is 0 Å². The van der Waals surface area contributed by atoms with Gasteiger partial charge in [0.05, 0.1) is 31.5 Å². The standard InChI is InChI=1S/C19H28N2O3/c1-2-16(11-20-6-1)14-23-18-10-19(24-15-18)4-7-21(8-5-19)12-17-3-9-22-13-17/h1-2,6,11,17-18H,3-5,7-10,12-15H2. The quantitative estimate of drug-likeness (QED) is 0.827. The SMILES string of the molecule is c1cncc(COC2COC3(CCN(CC4CCOC4)CC3)C2)c1. The van der Waals surface area contributed by atoms with Crippen LogP contribution >= 0.6 is 0 Å². The summed E-state index contributed by atoms with van der Waals surface area (Å²) in [7, 11) is 0. The molecule has 0 saturated carbocycles. The Labute approximate surface area is 144 Å². The van der Waals surface area contributed by atoms with Gasteiger partial charge in [0, 0.05) is 45.1 Å². The molecule has 4 heterocycles. The fourth-order valence-corrected chi connectivity index (χ4v) is 4.19. The fraction of sp³-hybridized carbons (Fsp3) is 0.737. The molecule has 0 aromatic carbocycles. The highest BCUT2D eigenvalue weighted by Crippen LogP contribution is 2.37. The van der Waals surface area contributed by atoms with Crippen LogP contribution in [0.4, 0.5) is 0 Å². The van der Waals surface area contributed by atoms with Crippen molar-refractivity contribution in [2.75, 3.05) is 39.5 Å². The molecule has 2 unspecified atom stereocenters. The van der Waals surface area contributed by atoms with Gasteiger partial charge < -0.3 is 19.1 Å². The summed E-state index contributed by atoms with van der Waals surface area (Å²) in [5, 5.41) is 0. The van der Waals surface area contributed by atoms with Crippen LogP contribution in [0.25, 0.3) is 0 Å². The largest absolute Gasteiger partial charge is 0.381 e. The van der Waals surface area contributed by atoms with Crippen LogP contribution in [0.2, 0.25) is 0 Å². The van der Waals surface area contributed by atoms with E-state index in [1.807, 2.05) is 12.3 Å². The zero-order valence-corrected chi connectivity index (χ0v) is 14.4. The van der Waals surface area contributed by atoms with Gasteiger partial charge in [-0.1, -0.05) is 6.07 Å². The highest BCUT2D eigenvalue weighted by atomic mass is 16.6. The van der Waals surface area contributed by atoms with Gasteiger partial charge in [0.25, 0.3) is 0 Å². The maximum absolute atomic E-state index is 6.21. The molecule has 3 saturated heterocycles. The summed E-state index contributed by atoms with van der Waals surface area (Å²) in [5.41, 5.74) is 1.19. The van der Waals surface area contributed by atoms with Crippen molar-refractivity contribution in [3.8, 4) is 0 Å². The minimum Gasteiger partial charge on any atom is -0.381 e. The van der Waals surface area contributed by atoms with E-state index in [0.717, 1.165) is 63.7 Å². The molecule has 5 nitrogen and oxygen atoms in total. The summed E-state index contributed by atoms with van der Waals surface area (Å²) in [5.74, 6) is 0.735. The smallest absolute Gasteiger partial charge is 0.0840 e. The van der Waals surface area contributed by atoms with E-state index >= 15 is 0 Å². The van der Waals surface area contributed by atoms with Gasteiger partial charge in [-0.05, 0) is 36.8 Å². The zero-order chi connectivity index (χ0) is 16.2. The van der Waals surface area contributed by atoms with E-state index in [9.17, 15) is 0 Å². The Morgan fingerprint density at radius 2 is 2.21 bits per heavy atom. The summed E-state index contributed by atoms with van der Waals surface area (Å²) < 4.78 is 17.8. The lowest BCUT2D eigenvalue weighted by Crippen LogP contribution is -2.45. The Balaban J connectivity index is 1.21. The molecule has 1 aromatic rings. The van der Waals surface area contributed by atoms with Crippen LogP contribution in [-0.2, 0) is 20.8 Å². The Bertz CT molecular complexity index is 511. The molecule has 0 amide bonds. The van der Waals surface area contributed by atoms with Crippen LogP contribution in [0.15, 0.2) is 24.5 Å². The molecular formula is C19H28N2O3. The van der Waals surface area contributed by atoms with Gasteiger partial charge in [-0.25, -0.2) is 0 Å². The van der Waals surface area contributed by atoms with Gasteiger partial charge in [-0.3, -0.25) is 4.98 Å². The summed E-state index contributed by atoms with van der Waals surface area (Å²) in [6, 6.07) is 4.01. The van der Waals surface area contributed by atoms with E-state index in [0.29, 0.717) is 6.61 Å². The number of ether oxygens (including phenoxy) is 3. The van der Waals surface area contributed by atoms with Gasteiger partial charge in [0.1, 0.15) is 0 Å². The fourth-order valence-electron chi connectivity index (χ4n) is 4.19. The number of likely N-dealkylation sites (tertiary alicyclic amines) is 1. The molecule has 132 valence electrons. The minimum atomic E-state index is 0.0578. The molecule has 24 heavy (non-hydrogen) atoms. The van der Waals surface area contributed by atoms with Gasteiger partial charge in [-0.15, -0.1) is 0 Å². The number of nitrogens with zero attached hydrogens (tertiary/aromatic N) is 2. The predicted octanol–water partition coefficient (Wildman–Crippen LogP) is 2.26. The lowest BCUT2D eigenvalue weighted by molar-refractivity contribution is -0.0475. The zero-order valence-electron chi connectivity index (χ0n) is 14.4. The number of pyridine rings is 1. The Morgan fingerprint density at radius 3 is 2.96 bits per heavy atom. The number of hydrogen-bond acceptors (Lipinski definition) is 5. The summed E-state index contributed by atoms with van der Waals surface area (Å²) in [6.45, 7) is 6.74. The van der Waals surface area contributed by atoms with Crippen LogP contribution < -0.4 is 0 Å². The van der Waals surface area contributed by atoms with E-state index in [1.165, 1.54) is 13.0 Å². The van der Waals surface area contributed by atoms with Crippen LogP contribution in [0, 0.1) is 5.92 Å². The normalized spacial score (nSPS) is 30.2. The van der Waals surface area contributed by atoms with Crippen molar-refractivity contribution in [3.05, 3.63) is 30.1 Å². The highest BCUT2D eigenvalue weighted by molar-refractivity contribution is 5.07. The first kappa shape index (κ1) is 16.5. The second-order valence-corrected chi connectivity index (χ2v) is 7.52. The van der Waals surface area contributed by atoms with Gasteiger partial charge in [0.2, 0.25) is 0 Å². The molecule has 3 aliphatic heterocycles. The lowest BCUT2D eigenvalue weighted by atomic mass is 9.87. The molecule has 1 aromatic heterocycles. The monoisotopic (exact) mass is 332 g/mol. The highest BCUT2D eigenvalue weighted by Gasteiger charge is 2.43. The van der Waals surface area contributed by atoms with Crippen molar-refractivity contribution in [2.24, 2.45) is 5.92 Å². The second-order valence-electron chi connectivity index (χ2n) is 7.52. The second kappa shape index (κ2) is 7.48. The van der Waals surface area contributed by atoms with Gasteiger partial charge >= 0.3 is 0 Å². The van der Waals surface area contributed by atoms with E-state index < -0.39 is 0 Å². The van der Waals surface area contributed by atoms with E-state index in [4.69, 9.17) is 14.2 Å². The van der Waals surface area contributed by atoms with E-state index in [2.05, 4.69) is 16.0 Å². The third kappa shape index (κ3) is 3.97. The van der Waals surface area contributed by atoms with Crippen molar-refractivity contribution in [1.82, 2.24) is 9.88 Å². The molecule has 1 spiro atoms. The Hall–Kier alpha value is -1.01. The Kier molecular flexibility index (Phi) is 5.13. The lowest BCUT2D eigenvalue weighted by Gasteiger charge is -2.39. The molecule has 0 N–H and O–H groups in total. The average Bonchev–Trinajstić information content (AvgIpc) is 3.27. The minimum absolute atomic E-state index is 0.0578. The molecule has 5 heteroatoms. The number of hydrogen-bond donors (Lipinski definition) is 0. The number of rotatable bonds is 5. The van der Waals surface area contributed by atoms with Crippen molar-refractivity contribution in [2.45, 2.75) is 44.0 Å². The topological polar surface area (TPSA) is 43.8 Å². The summed E-state index contributed by atoms with van der Waals surface area (Å²) >= 11 is 0. The molecule has 0 radical (unpaired) electrons. The van der Waals surface area contributed by atoms with Gasteiger partial charge in [0.15, 0.2) is 0 Å². The van der Waals surface area contributed by atoms with Crippen LogP contribution in [0.1, 0.15) is 31.2 Å². The van der Waals surface area contributed by atoms with Crippen LogP contribution in [0.5, 0.6) is 0 Å². The summed E-state index contributed by atoms with van der Waals surface area (Å²) in [4.78, 5) is 6.73. The first-order valence-electron chi connectivity index (χ1n) is 9.26. The molecule has 3 aliphatic rings. The van der Waals surface area contributed by atoms with Crippen LogP contribution in [0.3, 0.4) is 0 Å².